The molecule has 23 heavy (non-hydrogen) atoms. The predicted molar refractivity (Wildman–Crippen MR) is 91.7 cm³/mol. The summed E-state index contributed by atoms with van der Waals surface area (Å²) in [5.74, 6) is 0.547. The number of aryl methyl sites for hydroxylation is 1. The summed E-state index contributed by atoms with van der Waals surface area (Å²) in [5, 5.41) is 5.77. The van der Waals surface area contributed by atoms with E-state index in [1.54, 1.807) is 34.2 Å². The van der Waals surface area contributed by atoms with Gasteiger partial charge in [-0.2, -0.15) is 5.10 Å². The van der Waals surface area contributed by atoms with Crippen LogP contribution in [-0.4, -0.2) is 24.5 Å². The van der Waals surface area contributed by atoms with Gasteiger partial charge < -0.3 is 0 Å². The van der Waals surface area contributed by atoms with Gasteiger partial charge in [0.15, 0.2) is 9.84 Å². The van der Waals surface area contributed by atoms with Gasteiger partial charge >= 0.3 is 0 Å². The normalized spacial score (nSPS) is 17.6. The number of nitrogens with zero attached hydrogens (tertiary/aromatic N) is 3. The van der Waals surface area contributed by atoms with Crippen molar-refractivity contribution in [3.63, 3.8) is 0 Å². The molecule has 3 rings (SSSR count). The average molecular weight is 351 g/mol. The van der Waals surface area contributed by atoms with Crippen molar-refractivity contribution in [3.05, 3.63) is 34.1 Å². The number of hydrogen-bond donors (Lipinski definition) is 0. The maximum Gasteiger partial charge on any atom is 0.207 e. The molecule has 0 unspecified atom stereocenters. The van der Waals surface area contributed by atoms with Crippen LogP contribution in [0.4, 0.5) is 5.69 Å². The summed E-state index contributed by atoms with van der Waals surface area (Å²) >= 11 is 1.61. The van der Waals surface area contributed by atoms with Gasteiger partial charge in [-0.25, -0.2) is 18.1 Å². The molecule has 0 amide bonds. The molecule has 0 radical (unpaired) electrons. The number of aromatic nitrogens is 2. The van der Waals surface area contributed by atoms with Crippen LogP contribution >= 0.6 is 11.3 Å². The topological polar surface area (TPSA) is 64.3 Å². The number of benzene rings is 1. The lowest BCUT2D eigenvalue weighted by atomic mass is 9.90. The fourth-order valence-electron chi connectivity index (χ4n) is 2.87. The number of rotatable bonds is 3. The molecule has 7 heteroatoms. The summed E-state index contributed by atoms with van der Waals surface area (Å²) in [7, 11) is -1.33. The first-order chi connectivity index (χ1) is 10.9. The molecular weight excluding hydrogens is 330 g/mol. The van der Waals surface area contributed by atoms with Crippen LogP contribution in [0.15, 0.2) is 34.2 Å². The van der Waals surface area contributed by atoms with E-state index in [4.69, 9.17) is 0 Å². The third-order valence-electron chi connectivity index (χ3n) is 4.15. The van der Waals surface area contributed by atoms with Gasteiger partial charge in [0.05, 0.1) is 10.6 Å². The smallest absolute Gasteiger partial charge is 0.207 e. The fraction of sp³-hybridized carbons (Fsp3) is 0.500. The molecular formula is C16H21N3O2S2. The van der Waals surface area contributed by atoms with Crippen molar-refractivity contribution >= 4 is 26.9 Å². The second-order valence-corrected chi connectivity index (χ2v) is 9.07. The Kier molecular flexibility index (Phi) is 4.68. The molecule has 1 aliphatic carbocycles. The minimum Gasteiger partial charge on any atom is -0.241 e. The first kappa shape index (κ1) is 16.4. The maximum absolute atomic E-state index is 11.7. The maximum atomic E-state index is 11.7. The molecule has 2 aromatic rings. The van der Waals surface area contributed by atoms with Gasteiger partial charge in [0.1, 0.15) is 5.01 Å². The van der Waals surface area contributed by atoms with E-state index < -0.39 is 9.84 Å². The van der Waals surface area contributed by atoms with Crippen molar-refractivity contribution in [2.45, 2.75) is 42.9 Å². The van der Waals surface area contributed by atoms with Gasteiger partial charge in [-0.3, -0.25) is 0 Å². The monoisotopic (exact) mass is 351 g/mol. The van der Waals surface area contributed by atoms with E-state index >= 15 is 0 Å². The highest BCUT2D eigenvalue weighted by Crippen LogP contribution is 2.32. The quantitative estimate of drug-likeness (QED) is 0.853. The lowest BCUT2D eigenvalue weighted by molar-refractivity contribution is 0.437. The summed E-state index contributed by atoms with van der Waals surface area (Å²) in [6.07, 6.45) is 7.49. The van der Waals surface area contributed by atoms with E-state index in [-0.39, 0.29) is 0 Å². The second-order valence-electron chi connectivity index (χ2n) is 6.06. The van der Waals surface area contributed by atoms with Crippen LogP contribution in [0.3, 0.4) is 0 Å². The standard InChI is InChI=1S/C16H21N3O2S2/c1-19-16(22-15(18-19)12-7-4-3-5-8-12)17-13-9-6-10-14(11-13)23(2,20)21/h6,9-12H,3-5,7-8H2,1-2H3. The molecule has 1 heterocycles. The van der Waals surface area contributed by atoms with E-state index in [0.29, 0.717) is 16.5 Å². The molecule has 0 bridgehead atoms. The van der Waals surface area contributed by atoms with E-state index in [0.717, 1.165) is 9.81 Å². The molecule has 1 fully saturated rings. The van der Waals surface area contributed by atoms with E-state index in [1.807, 2.05) is 13.1 Å². The molecule has 5 nitrogen and oxygen atoms in total. The van der Waals surface area contributed by atoms with Gasteiger partial charge in [0.2, 0.25) is 4.80 Å². The Hall–Kier alpha value is -1.47. The minimum atomic E-state index is -3.22. The highest BCUT2D eigenvalue weighted by molar-refractivity contribution is 7.90. The van der Waals surface area contributed by atoms with Crippen LogP contribution < -0.4 is 4.80 Å². The third kappa shape index (κ3) is 3.90. The highest BCUT2D eigenvalue weighted by atomic mass is 32.2. The molecule has 0 atom stereocenters. The zero-order valence-corrected chi connectivity index (χ0v) is 15.0. The van der Waals surface area contributed by atoms with Crippen LogP contribution in [0.1, 0.15) is 43.0 Å². The third-order valence-corrected chi connectivity index (χ3v) is 6.42. The average Bonchev–Trinajstić information content (AvgIpc) is 2.89. The van der Waals surface area contributed by atoms with Crippen LogP contribution in [0.25, 0.3) is 0 Å². The zero-order valence-electron chi connectivity index (χ0n) is 13.4. The highest BCUT2D eigenvalue weighted by Gasteiger charge is 2.19. The molecule has 1 saturated carbocycles. The second kappa shape index (κ2) is 6.57. The molecule has 1 aromatic heterocycles. The lowest BCUT2D eigenvalue weighted by Gasteiger charge is -2.18. The molecule has 124 valence electrons. The Bertz CT molecular complexity index is 859. The first-order valence-electron chi connectivity index (χ1n) is 7.82. The zero-order chi connectivity index (χ0) is 16.4. The molecule has 0 saturated heterocycles. The Morgan fingerprint density at radius 1 is 1.26 bits per heavy atom. The first-order valence-corrected chi connectivity index (χ1v) is 10.5. The Balaban J connectivity index is 1.95. The molecule has 1 aliphatic rings. The molecule has 0 aliphatic heterocycles. The van der Waals surface area contributed by atoms with Crippen LogP contribution in [0, 0.1) is 0 Å². The fourth-order valence-corrected chi connectivity index (χ4v) is 4.61. The van der Waals surface area contributed by atoms with Crippen molar-refractivity contribution in [1.82, 2.24) is 9.78 Å². The van der Waals surface area contributed by atoms with E-state index in [2.05, 4.69) is 10.1 Å². The van der Waals surface area contributed by atoms with Crippen LogP contribution in [-0.2, 0) is 16.9 Å². The van der Waals surface area contributed by atoms with Crippen molar-refractivity contribution in [2.24, 2.45) is 12.0 Å². The van der Waals surface area contributed by atoms with Crippen LogP contribution in [0.2, 0.25) is 0 Å². The van der Waals surface area contributed by atoms with Gasteiger partial charge in [-0.1, -0.05) is 36.7 Å². The minimum absolute atomic E-state index is 0.290. The van der Waals surface area contributed by atoms with Gasteiger partial charge in [0, 0.05) is 19.2 Å². The Morgan fingerprint density at radius 3 is 2.70 bits per heavy atom. The van der Waals surface area contributed by atoms with Gasteiger partial charge in [-0.15, -0.1) is 0 Å². The van der Waals surface area contributed by atoms with Gasteiger partial charge in [-0.05, 0) is 31.0 Å². The molecule has 0 N–H and O–H groups in total. The molecule has 0 spiro atoms. The van der Waals surface area contributed by atoms with Crippen molar-refractivity contribution in [1.29, 1.82) is 0 Å². The predicted octanol–water partition coefficient (Wildman–Crippen LogP) is 3.17. The summed E-state index contributed by atoms with van der Waals surface area (Å²) in [6, 6.07) is 6.73. The van der Waals surface area contributed by atoms with Gasteiger partial charge in [0.25, 0.3) is 0 Å². The summed E-state index contributed by atoms with van der Waals surface area (Å²) in [4.78, 5) is 5.68. The number of hydrogen-bond acceptors (Lipinski definition) is 5. The summed E-state index contributed by atoms with van der Waals surface area (Å²) < 4.78 is 25.1. The van der Waals surface area contributed by atoms with E-state index in [9.17, 15) is 8.42 Å². The lowest BCUT2D eigenvalue weighted by Crippen LogP contribution is -2.11. The Morgan fingerprint density at radius 2 is 2.00 bits per heavy atom. The van der Waals surface area contributed by atoms with Crippen molar-refractivity contribution in [2.75, 3.05) is 6.26 Å². The SMILES string of the molecule is Cn1nc(C2CCCCC2)sc1=Nc1cccc(S(C)(=O)=O)c1. The largest absolute Gasteiger partial charge is 0.241 e. The van der Waals surface area contributed by atoms with Crippen molar-refractivity contribution in [3.8, 4) is 0 Å². The van der Waals surface area contributed by atoms with Crippen LogP contribution in [0.5, 0.6) is 0 Å². The van der Waals surface area contributed by atoms with Crippen molar-refractivity contribution < 1.29 is 8.42 Å². The number of sulfone groups is 1. The Labute approximate surface area is 140 Å². The molecule has 1 aromatic carbocycles. The van der Waals surface area contributed by atoms with E-state index in [1.165, 1.54) is 38.4 Å². The summed E-state index contributed by atoms with van der Waals surface area (Å²) in [6.45, 7) is 0. The summed E-state index contributed by atoms with van der Waals surface area (Å²) in [5.41, 5.74) is 0.641.